The van der Waals surface area contributed by atoms with Gasteiger partial charge in [0.1, 0.15) is 12.1 Å². The zero-order valence-electron chi connectivity index (χ0n) is 12.5. The van der Waals surface area contributed by atoms with E-state index in [4.69, 9.17) is 21.7 Å². The predicted octanol–water partition coefficient (Wildman–Crippen LogP) is 1.41. The van der Waals surface area contributed by atoms with Crippen molar-refractivity contribution in [1.82, 2.24) is 0 Å². The summed E-state index contributed by atoms with van der Waals surface area (Å²) < 4.78 is 0. The number of carbonyl (C=O) groups is 2. The Balaban J connectivity index is 0.000000231. The third-order valence-electron chi connectivity index (χ3n) is 3.04. The molecule has 0 fully saturated rings. The predicted molar refractivity (Wildman–Crippen MR) is 86.8 cm³/mol. The lowest BCUT2D eigenvalue weighted by Crippen LogP contribution is -2.32. The van der Waals surface area contributed by atoms with Gasteiger partial charge in [-0.1, -0.05) is 60.7 Å². The lowest BCUT2D eigenvalue weighted by atomic mass is 10.1. The van der Waals surface area contributed by atoms with Gasteiger partial charge in [0, 0.05) is 0 Å². The molecule has 0 saturated carbocycles. The van der Waals surface area contributed by atoms with Crippen LogP contribution in [-0.4, -0.2) is 28.2 Å². The molecule has 122 valence electrons. The molecule has 6 nitrogen and oxygen atoms in total. The highest BCUT2D eigenvalue weighted by Crippen LogP contribution is 2.08. The molecular weight excluding hydrogens is 296 g/mol. The Morgan fingerprint density at radius 2 is 1.30 bits per heavy atom. The van der Waals surface area contributed by atoms with E-state index in [9.17, 15) is 9.59 Å². The lowest BCUT2D eigenvalue weighted by Gasteiger charge is -2.04. The highest BCUT2D eigenvalue weighted by molar-refractivity contribution is 5.75. The molecule has 6 N–H and O–H groups in total. The Morgan fingerprint density at radius 1 is 0.826 bits per heavy atom. The molecule has 0 spiro atoms. The molecular formula is C17H20N2O4. The van der Waals surface area contributed by atoms with Crippen LogP contribution < -0.4 is 11.5 Å². The molecule has 6 heteroatoms. The van der Waals surface area contributed by atoms with E-state index in [-0.39, 0.29) is 0 Å². The van der Waals surface area contributed by atoms with Crippen LogP contribution in [0.2, 0.25) is 0 Å². The van der Waals surface area contributed by atoms with E-state index < -0.39 is 24.0 Å². The molecule has 2 aromatic rings. The van der Waals surface area contributed by atoms with E-state index in [0.717, 1.165) is 5.56 Å². The Morgan fingerprint density at radius 3 is 1.74 bits per heavy atom. The van der Waals surface area contributed by atoms with Gasteiger partial charge < -0.3 is 21.7 Å². The van der Waals surface area contributed by atoms with Crippen LogP contribution >= 0.6 is 0 Å². The van der Waals surface area contributed by atoms with Crippen molar-refractivity contribution in [1.29, 1.82) is 0 Å². The number of benzene rings is 2. The first-order valence-corrected chi connectivity index (χ1v) is 6.97. The number of hydrogen-bond acceptors (Lipinski definition) is 4. The first kappa shape index (κ1) is 18.3. The summed E-state index contributed by atoms with van der Waals surface area (Å²) >= 11 is 0. The quantitative estimate of drug-likeness (QED) is 0.660. The van der Waals surface area contributed by atoms with Crippen LogP contribution in [0.4, 0.5) is 0 Å². The first-order chi connectivity index (χ1) is 10.9. The first-order valence-electron chi connectivity index (χ1n) is 6.97. The van der Waals surface area contributed by atoms with Crippen molar-refractivity contribution in [3.8, 4) is 0 Å². The van der Waals surface area contributed by atoms with Gasteiger partial charge in [-0.25, -0.2) is 0 Å². The van der Waals surface area contributed by atoms with Gasteiger partial charge in [-0.3, -0.25) is 9.59 Å². The maximum Gasteiger partial charge on any atom is 0.325 e. The summed E-state index contributed by atoms with van der Waals surface area (Å²) in [7, 11) is 0. The lowest BCUT2D eigenvalue weighted by molar-refractivity contribution is -0.139. The number of carboxylic acid groups (broad SMARTS) is 2. The number of rotatable bonds is 5. The van der Waals surface area contributed by atoms with Gasteiger partial charge in [0.05, 0.1) is 0 Å². The van der Waals surface area contributed by atoms with E-state index >= 15 is 0 Å². The summed E-state index contributed by atoms with van der Waals surface area (Å²) in [6.45, 7) is 0. The SMILES string of the molecule is NC(C(=O)O)c1ccccc1.N[C@@H](Cc1ccccc1)C(=O)O. The molecule has 2 aromatic carbocycles. The van der Waals surface area contributed by atoms with Crippen LogP contribution in [0.1, 0.15) is 17.2 Å². The average molecular weight is 316 g/mol. The van der Waals surface area contributed by atoms with Crippen LogP contribution in [0, 0.1) is 0 Å². The van der Waals surface area contributed by atoms with Crippen LogP contribution in [0.5, 0.6) is 0 Å². The Hall–Kier alpha value is -2.70. The van der Waals surface area contributed by atoms with E-state index in [1.54, 1.807) is 24.3 Å². The second-order valence-electron chi connectivity index (χ2n) is 4.86. The highest BCUT2D eigenvalue weighted by atomic mass is 16.4. The van der Waals surface area contributed by atoms with Gasteiger partial charge in [-0.15, -0.1) is 0 Å². The molecule has 0 aromatic heterocycles. The van der Waals surface area contributed by atoms with E-state index in [1.807, 2.05) is 36.4 Å². The third kappa shape index (κ3) is 6.73. The topological polar surface area (TPSA) is 127 Å². The minimum Gasteiger partial charge on any atom is -0.480 e. The molecule has 23 heavy (non-hydrogen) atoms. The minimum atomic E-state index is -1.00. The van der Waals surface area contributed by atoms with Gasteiger partial charge in [0.2, 0.25) is 0 Å². The van der Waals surface area contributed by atoms with Crippen LogP contribution in [0.15, 0.2) is 60.7 Å². The van der Waals surface area contributed by atoms with Gasteiger partial charge >= 0.3 is 11.9 Å². The van der Waals surface area contributed by atoms with Gasteiger partial charge in [-0.05, 0) is 17.5 Å². The van der Waals surface area contributed by atoms with Crippen molar-refractivity contribution in [2.45, 2.75) is 18.5 Å². The summed E-state index contributed by atoms with van der Waals surface area (Å²) in [5.41, 5.74) is 12.3. The molecule has 2 rings (SSSR count). The number of hydrogen-bond donors (Lipinski definition) is 4. The molecule has 1 unspecified atom stereocenters. The van der Waals surface area contributed by atoms with Crippen molar-refractivity contribution in [2.24, 2.45) is 11.5 Å². The standard InChI is InChI=1S/C9H11NO2.C8H9NO2/c10-8(9(11)12)6-7-4-2-1-3-5-7;9-7(8(10)11)6-4-2-1-3-5-6/h1-5,8H,6,10H2,(H,11,12);1-5,7H,9H2,(H,10,11)/t8-;/m0./s1. The summed E-state index contributed by atoms with van der Waals surface area (Å²) in [5, 5.41) is 17.0. The fourth-order valence-electron chi connectivity index (χ4n) is 1.76. The number of carboxylic acids is 2. The molecule has 0 aliphatic heterocycles. The fraction of sp³-hybridized carbons (Fsp3) is 0.176. The molecule has 0 aliphatic rings. The van der Waals surface area contributed by atoms with Crippen LogP contribution in [0.3, 0.4) is 0 Å². The van der Waals surface area contributed by atoms with Crippen molar-refractivity contribution in [2.75, 3.05) is 0 Å². The number of aliphatic carboxylic acids is 2. The van der Waals surface area contributed by atoms with E-state index in [1.165, 1.54) is 0 Å². The molecule has 2 atom stereocenters. The minimum absolute atomic E-state index is 0.385. The molecule has 0 bridgehead atoms. The van der Waals surface area contributed by atoms with Crippen molar-refractivity contribution in [3.63, 3.8) is 0 Å². The normalized spacial score (nSPS) is 12.4. The molecule has 0 radical (unpaired) electrons. The maximum absolute atomic E-state index is 10.4. The van der Waals surface area contributed by atoms with Gasteiger partial charge in [0.25, 0.3) is 0 Å². The smallest absolute Gasteiger partial charge is 0.325 e. The highest BCUT2D eigenvalue weighted by Gasteiger charge is 2.12. The van der Waals surface area contributed by atoms with E-state index in [2.05, 4.69) is 0 Å². The molecule has 0 saturated heterocycles. The third-order valence-corrected chi connectivity index (χ3v) is 3.04. The second kappa shape index (κ2) is 9.34. The maximum atomic E-state index is 10.4. The average Bonchev–Trinajstić information content (AvgIpc) is 2.56. The zero-order valence-corrected chi connectivity index (χ0v) is 12.5. The second-order valence-corrected chi connectivity index (χ2v) is 4.86. The monoisotopic (exact) mass is 316 g/mol. The van der Waals surface area contributed by atoms with E-state index in [0.29, 0.717) is 12.0 Å². The molecule has 0 amide bonds. The van der Waals surface area contributed by atoms with Crippen molar-refractivity contribution in [3.05, 3.63) is 71.8 Å². The Kier molecular flexibility index (Phi) is 7.45. The number of nitrogens with two attached hydrogens (primary N) is 2. The summed E-state index contributed by atoms with van der Waals surface area (Å²) in [4.78, 5) is 20.8. The molecule has 0 aliphatic carbocycles. The summed E-state index contributed by atoms with van der Waals surface area (Å²) in [5.74, 6) is -1.96. The van der Waals surface area contributed by atoms with Crippen LogP contribution in [0.25, 0.3) is 0 Å². The largest absolute Gasteiger partial charge is 0.480 e. The van der Waals surface area contributed by atoms with Crippen molar-refractivity contribution < 1.29 is 19.8 Å². The van der Waals surface area contributed by atoms with Crippen LogP contribution in [-0.2, 0) is 16.0 Å². The summed E-state index contributed by atoms with van der Waals surface area (Å²) in [6, 6.07) is 16.4. The van der Waals surface area contributed by atoms with Gasteiger partial charge in [-0.2, -0.15) is 0 Å². The Bertz CT molecular complexity index is 617. The zero-order chi connectivity index (χ0) is 17.2. The Labute approximate surface area is 134 Å². The molecule has 0 heterocycles. The fourth-order valence-corrected chi connectivity index (χ4v) is 1.76. The van der Waals surface area contributed by atoms with Gasteiger partial charge in [0.15, 0.2) is 0 Å². The summed E-state index contributed by atoms with van der Waals surface area (Å²) in [6.07, 6.45) is 0.385. The van der Waals surface area contributed by atoms with Crippen molar-refractivity contribution >= 4 is 11.9 Å².